The van der Waals surface area contributed by atoms with Gasteiger partial charge in [0.1, 0.15) is 29.8 Å². The van der Waals surface area contributed by atoms with Crippen molar-refractivity contribution in [2.45, 2.75) is 95.9 Å². The molecule has 4 unspecified atom stereocenters. The van der Waals surface area contributed by atoms with E-state index in [2.05, 4.69) is 16.0 Å². The first-order chi connectivity index (χ1) is 17.6. The molecule has 0 aromatic heterocycles. The highest BCUT2D eigenvalue weighted by atomic mass is 16.2. The Labute approximate surface area is 220 Å². The largest absolute Gasteiger partial charge is 0.343 e. The molecule has 1 aromatic rings. The number of ketones is 2. The van der Waals surface area contributed by atoms with Crippen LogP contribution in [0.4, 0.5) is 0 Å². The normalized spacial score (nSPS) is 22.2. The molecule has 9 nitrogen and oxygen atoms in total. The van der Waals surface area contributed by atoms with Gasteiger partial charge in [-0.05, 0) is 71.7 Å². The zero-order chi connectivity index (χ0) is 27.5. The SMILES string of the molecule is CNC(C)C(=O)NC1CCCCC2CCC(C=O)N2C1=O.CNCc1cccc(C(C(C)=O)C(C)=O)c1. The molecular weight excluding hydrogens is 472 g/mol. The van der Waals surface area contributed by atoms with Crippen molar-refractivity contribution in [2.75, 3.05) is 14.1 Å². The average molecular weight is 515 g/mol. The van der Waals surface area contributed by atoms with Crippen molar-refractivity contribution in [1.82, 2.24) is 20.9 Å². The number of rotatable bonds is 9. The van der Waals surface area contributed by atoms with Gasteiger partial charge in [0.25, 0.3) is 0 Å². The Balaban J connectivity index is 0.000000271. The first kappa shape index (κ1) is 30.3. The molecule has 0 bridgehead atoms. The number of aldehydes is 1. The fraction of sp³-hybridized carbons (Fsp3) is 0.607. The third kappa shape index (κ3) is 8.30. The van der Waals surface area contributed by atoms with E-state index in [1.807, 2.05) is 31.3 Å². The molecule has 0 aliphatic carbocycles. The lowest BCUT2D eigenvalue weighted by Crippen LogP contribution is -2.55. The van der Waals surface area contributed by atoms with Crippen molar-refractivity contribution in [3.63, 3.8) is 0 Å². The van der Waals surface area contributed by atoms with Crippen LogP contribution in [0.3, 0.4) is 0 Å². The van der Waals surface area contributed by atoms with E-state index in [1.165, 1.54) is 13.8 Å². The summed E-state index contributed by atoms with van der Waals surface area (Å²) in [6.45, 7) is 5.40. The second-order valence-electron chi connectivity index (χ2n) is 9.97. The minimum absolute atomic E-state index is 0.0917. The molecule has 2 heterocycles. The van der Waals surface area contributed by atoms with E-state index in [9.17, 15) is 24.0 Å². The number of amides is 2. The van der Waals surface area contributed by atoms with Gasteiger partial charge >= 0.3 is 0 Å². The van der Waals surface area contributed by atoms with Gasteiger partial charge in [-0.3, -0.25) is 19.2 Å². The van der Waals surface area contributed by atoms with Gasteiger partial charge in [-0.2, -0.15) is 0 Å². The second kappa shape index (κ2) is 14.7. The lowest BCUT2D eigenvalue weighted by molar-refractivity contribution is -0.141. The number of likely N-dealkylation sites (N-methyl/N-ethyl adjacent to an activating group) is 1. The van der Waals surface area contributed by atoms with Gasteiger partial charge in [0.15, 0.2) is 0 Å². The number of Topliss-reactive ketones (excluding diaryl/α,β-unsaturated/α-hetero) is 2. The van der Waals surface area contributed by atoms with Crippen LogP contribution in [0.15, 0.2) is 24.3 Å². The molecule has 0 spiro atoms. The molecule has 3 N–H and O–H groups in total. The summed E-state index contributed by atoms with van der Waals surface area (Å²) < 4.78 is 0. The molecule has 204 valence electrons. The number of nitrogens with one attached hydrogen (secondary N) is 3. The predicted octanol–water partition coefficient (Wildman–Crippen LogP) is 1.88. The van der Waals surface area contributed by atoms with Crippen LogP contribution in [0.5, 0.6) is 0 Å². The van der Waals surface area contributed by atoms with Crippen LogP contribution in [0, 0.1) is 0 Å². The van der Waals surface area contributed by atoms with Crippen molar-refractivity contribution in [3.8, 4) is 0 Å². The quantitative estimate of drug-likeness (QED) is 0.339. The third-order valence-corrected chi connectivity index (χ3v) is 7.16. The maximum atomic E-state index is 12.7. The van der Waals surface area contributed by atoms with Gasteiger partial charge in [0, 0.05) is 12.6 Å². The standard InChI is InChI=1S/C15H25N3O3.C13H17NO2/c1-10(16-2)14(20)17-13-6-4-3-5-11-7-8-12(9-19)18(11)15(13)21;1-9(15)13(10(2)16)12-6-4-5-11(7-12)8-14-3/h9-13,16H,3-8H2,1-2H3,(H,17,20);4-7,13-14H,8H2,1-3H3. The molecule has 9 heteroatoms. The number of carbonyl (C=O) groups excluding carboxylic acids is 5. The Bertz CT molecular complexity index is 952. The molecule has 2 aliphatic heterocycles. The molecule has 4 atom stereocenters. The highest BCUT2D eigenvalue weighted by Crippen LogP contribution is 2.30. The van der Waals surface area contributed by atoms with Gasteiger partial charge < -0.3 is 25.6 Å². The smallest absolute Gasteiger partial charge is 0.246 e. The monoisotopic (exact) mass is 514 g/mol. The Morgan fingerprint density at radius 1 is 1.05 bits per heavy atom. The molecule has 0 saturated carbocycles. The summed E-state index contributed by atoms with van der Waals surface area (Å²) in [5.74, 6) is -1.08. The zero-order valence-corrected chi connectivity index (χ0v) is 22.7. The van der Waals surface area contributed by atoms with E-state index in [4.69, 9.17) is 0 Å². The van der Waals surface area contributed by atoms with Crippen molar-refractivity contribution in [3.05, 3.63) is 35.4 Å². The third-order valence-electron chi connectivity index (χ3n) is 7.16. The van der Waals surface area contributed by atoms with E-state index in [1.54, 1.807) is 18.9 Å². The van der Waals surface area contributed by atoms with Gasteiger partial charge in [-0.15, -0.1) is 0 Å². The van der Waals surface area contributed by atoms with Crippen LogP contribution in [0.2, 0.25) is 0 Å². The fourth-order valence-electron chi connectivity index (χ4n) is 5.11. The number of fused-ring (bicyclic) bond motifs is 1. The summed E-state index contributed by atoms with van der Waals surface area (Å²) in [4.78, 5) is 60.5. The summed E-state index contributed by atoms with van der Waals surface area (Å²) >= 11 is 0. The number of hydrogen-bond acceptors (Lipinski definition) is 7. The molecule has 2 fully saturated rings. The summed E-state index contributed by atoms with van der Waals surface area (Å²) in [7, 11) is 3.57. The van der Waals surface area contributed by atoms with Crippen molar-refractivity contribution in [2.24, 2.45) is 0 Å². The lowest BCUT2D eigenvalue weighted by atomic mass is 9.91. The van der Waals surface area contributed by atoms with E-state index < -0.39 is 12.0 Å². The van der Waals surface area contributed by atoms with Crippen molar-refractivity contribution < 1.29 is 24.0 Å². The zero-order valence-electron chi connectivity index (χ0n) is 22.7. The minimum Gasteiger partial charge on any atom is -0.343 e. The predicted molar refractivity (Wildman–Crippen MR) is 142 cm³/mol. The van der Waals surface area contributed by atoms with Gasteiger partial charge in [-0.25, -0.2) is 0 Å². The van der Waals surface area contributed by atoms with Gasteiger partial charge in [0.2, 0.25) is 11.8 Å². The maximum absolute atomic E-state index is 12.7. The Morgan fingerprint density at radius 2 is 1.73 bits per heavy atom. The lowest BCUT2D eigenvalue weighted by Gasteiger charge is -2.34. The maximum Gasteiger partial charge on any atom is 0.246 e. The van der Waals surface area contributed by atoms with Crippen LogP contribution in [0.1, 0.15) is 76.3 Å². The molecular formula is C28H42N4O5. The van der Waals surface area contributed by atoms with Crippen LogP contribution in [0.25, 0.3) is 0 Å². The molecule has 37 heavy (non-hydrogen) atoms. The first-order valence-electron chi connectivity index (χ1n) is 13.1. The van der Waals surface area contributed by atoms with E-state index >= 15 is 0 Å². The topological polar surface area (TPSA) is 125 Å². The van der Waals surface area contributed by atoms with E-state index in [0.29, 0.717) is 6.42 Å². The summed E-state index contributed by atoms with van der Waals surface area (Å²) in [6.07, 6.45) is 6.08. The van der Waals surface area contributed by atoms with Crippen LogP contribution in [-0.4, -0.2) is 72.8 Å². The Morgan fingerprint density at radius 3 is 2.32 bits per heavy atom. The molecule has 1 aromatic carbocycles. The highest BCUT2D eigenvalue weighted by Gasteiger charge is 2.40. The highest BCUT2D eigenvalue weighted by molar-refractivity contribution is 6.05. The number of carbonyl (C=O) groups is 5. The number of hydrogen-bond donors (Lipinski definition) is 3. The van der Waals surface area contributed by atoms with Crippen LogP contribution in [-0.2, 0) is 30.5 Å². The van der Waals surface area contributed by atoms with E-state index in [-0.39, 0.29) is 41.5 Å². The molecule has 3 rings (SSSR count). The fourth-order valence-corrected chi connectivity index (χ4v) is 5.11. The molecule has 2 saturated heterocycles. The second-order valence-corrected chi connectivity index (χ2v) is 9.97. The average Bonchev–Trinajstić information content (AvgIpc) is 3.26. The number of benzene rings is 1. The summed E-state index contributed by atoms with van der Waals surface area (Å²) in [6, 6.07) is 6.58. The Kier molecular flexibility index (Phi) is 12.1. The van der Waals surface area contributed by atoms with Crippen molar-refractivity contribution in [1.29, 1.82) is 0 Å². The molecule has 0 radical (unpaired) electrons. The van der Waals surface area contributed by atoms with E-state index in [0.717, 1.165) is 56.1 Å². The van der Waals surface area contributed by atoms with Gasteiger partial charge in [0.05, 0.1) is 12.1 Å². The van der Waals surface area contributed by atoms with Gasteiger partial charge in [-0.1, -0.05) is 37.1 Å². The number of nitrogens with zero attached hydrogens (tertiary/aromatic N) is 1. The summed E-state index contributed by atoms with van der Waals surface area (Å²) in [5, 5.41) is 8.74. The van der Waals surface area contributed by atoms with Crippen LogP contribution < -0.4 is 16.0 Å². The van der Waals surface area contributed by atoms with Crippen LogP contribution >= 0.6 is 0 Å². The summed E-state index contributed by atoms with van der Waals surface area (Å²) in [5.41, 5.74) is 1.86. The van der Waals surface area contributed by atoms with Crippen molar-refractivity contribution >= 4 is 29.7 Å². The minimum atomic E-state index is -0.614. The molecule has 2 amide bonds. The molecule has 2 aliphatic rings. The first-order valence-corrected chi connectivity index (χ1v) is 13.1. The Hall–Kier alpha value is -2.91.